The summed E-state index contributed by atoms with van der Waals surface area (Å²) in [5.74, 6) is 0.597. The van der Waals surface area contributed by atoms with Crippen molar-refractivity contribution in [3.05, 3.63) is 47.8 Å². The third-order valence-electron chi connectivity index (χ3n) is 2.69. The Bertz CT molecular complexity index is 646. The number of benzene rings is 1. The molecule has 19 heavy (non-hydrogen) atoms. The van der Waals surface area contributed by atoms with Gasteiger partial charge in [0.2, 0.25) is 4.96 Å². The highest BCUT2D eigenvalue weighted by Crippen LogP contribution is 2.28. The van der Waals surface area contributed by atoms with Crippen LogP contribution >= 0.6 is 23.1 Å². The first kappa shape index (κ1) is 12.7. The molecule has 0 spiro atoms. The number of hydrogen-bond donors (Lipinski definition) is 1. The number of fused-ring (bicyclic) bond motifs is 1. The Morgan fingerprint density at radius 2 is 2.16 bits per heavy atom. The van der Waals surface area contributed by atoms with Gasteiger partial charge in [-0.15, -0.1) is 5.10 Å². The monoisotopic (exact) mass is 291 g/mol. The van der Waals surface area contributed by atoms with Gasteiger partial charge in [-0.2, -0.15) is 0 Å². The maximum absolute atomic E-state index is 10.1. The first-order chi connectivity index (χ1) is 9.22. The van der Waals surface area contributed by atoms with Crippen LogP contribution in [0.3, 0.4) is 0 Å². The van der Waals surface area contributed by atoms with Crippen molar-refractivity contribution >= 4 is 28.1 Å². The van der Waals surface area contributed by atoms with Crippen LogP contribution in [0.2, 0.25) is 0 Å². The zero-order valence-corrected chi connectivity index (χ0v) is 12.0. The molecule has 0 aliphatic carbocycles. The van der Waals surface area contributed by atoms with E-state index in [1.165, 1.54) is 0 Å². The summed E-state index contributed by atoms with van der Waals surface area (Å²) < 4.78 is 2.72. The van der Waals surface area contributed by atoms with Gasteiger partial charge in [0, 0.05) is 5.75 Å². The lowest BCUT2D eigenvalue weighted by molar-refractivity contribution is 0.204. The van der Waals surface area contributed by atoms with Crippen LogP contribution in [-0.4, -0.2) is 25.5 Å². The number of hydrogen-bond acceptors (Lipinski definition) is 5. The van der Waals surface area contributed by atoms with Gasteiger partial charge in [0.15, 0.2) is 4.34 Å². The summed E-state index contributed by atoms with van der Waals surface area (Å²) >= 11 is 3.10. The van der Waals surface area contributed by atoms with Crippen molar-refractivity contribution in [2.75, 3.05) is 5.75 Å². The molecular weight excluding hydrogens is 278 g/mol. The van der Waals surface area contributed by atoms with Gasteiger partial charge in [-0.1, -0.05) is 53.4 Å². The fourth-order valence-electron chi connectivity index (χ4n) is 1.77. The zero-order valence-electron chi connectivity index (χ0n) is 10.4. The van der Waals surface area contributed by atoms with Crippen LogP contribution in [0.4, 0.5) is 0 Å². The van der Waals surface area contributed by atoms with Crippen LogP contribution in [0.15, 0.2) is 40.9 Å². The standard InChI is InChI=1S/C13H13N3OS2/c1-9-7-16-12(14-9)19-13(15-16)18-8-11(17)10-5-3-2-4-6-10/h2-7,11,17H,8H2,1H3. The molecular formula is C13H13N3OS2. The zero-order chi connectivity index (χ0) is 13.2. The molecule has 1 N–H and O–H groups in total. The second-order valence-electron chi connectivity index (χ2n) is 4.21. The summed E-state index contributed by atoms with van der Waals surface area (Å²) in [6.45, 7) is 1.95. The van der Waals surface area contributed by atoms with Crippen LogP contribution in [0, 0.1) is 6.92 Å². The predicted molar refractivity (Wildman–Crippen MR) is 77.7 cm³/mol. The molecule has 0 aliphatic rings. The van der Waals surface area contributed by atoms with Gasteiger partial charge in [-0.05, 0) is 12.5 Å². The van der Waals surface area contributed by atoms with Gasteiger partial charge in [-0.3, -0.25) is 0 Å². The third kappa shape index (κ3) is 2.80. The van der Waals surface area contributed by atoms with Crippen molar-refractivity contribution in [2.24, 2.45) is 0 Å². The van der Waals surface area contributed by atoms with Gasteiger partial charge >= 0.3 is 0 Å². The Kier molecular flexibility index (Phi) is 3.54. The van der Waals surface area contributed by atoms with E-state index in [9.17, 15) is 5.11 Å². The van der Waals surface area contributed by atoms with Gasteiger partial charge in [-0.25, -0.2) is 9.50 Å². The Morgan fingerprint density at radius 1 is 1.37 bits per heavy atom. The van der Waals surface area contributed by atoms with Crippen LogP contribution in [0.5, 0.6) is 0 Å². The molecule has 2 aromatic heterocycles. The van der Waals surface area contributed by atoms with E-state index >= 15 is 0 Å². The topological polar surface area (TPSA) is 50.4 Å². The van der Waals surface area contributed by atoms with E-state index in [0.29, 0.717) is 5.75 Å². The second kappa shape index (κ2) is 5.32. The number of nitrogens with zero attached hydrogens (tertiary/aromatic N) is 3. The molecule has 2 heterocycles. The first-order valence-electron chi connectivity index (χ1n) is 5.91. The number of aromatic nitrogens is 3. The quantitative estimate of drug-likeness (QED) is 0.751. The summed E-state index contributed by atoms with van der Waals surface area (Å²) in [4.78, 5) is 5.26. The Balaban J connectivity index is 1.67. The Morgan fingerprint density at radius 3 is 2.89 bits per heavy atom. The summed E-state index contributed by atoms with van der Waals surface area (Å²) in [5.41, 5.74) is 1.91. The van der Waals surface area contributed by atoms with E-state index in [0.717, 1.165) is 20.6 Å². The fraction of sp³-hybridized carbons (Fsp3) is 0.231. The molecule has 98 valence electrons. The minimum Gasteiger partial charge on any atom is -0.388 e. The molecule has 4 nitrogen and oxygen atoms in total. The number of thioether (sulfide) groups is 1. The molecule has 6 heteroatoms. The number of imidazole rings is 1. The van der Waals surface area contributed by atoms with Crippen molar-refractivity contribution in [3.63, 3.8) is 0 Å². The molecule has 0 amide bonds. The summed E-state index contributed by atoms with van der Waals surface area (Å²) in [6.07, 6.45) is 1.44. The molecule has 0 saturated carbocycles. The number of rotatable bonds is 4. The largest absolute Gasteiger partial charge is 0.388 e. The van der Waals surface area contributed by atoms with Crippen LogP contribution in [0.1, 0.15) is 17.4 Å². The molecule has 0 aliphatic heterocycles. The van der Waals surface area contributed by atoms with Crippen molar-refractivity contribution in [2.45, 2.75) is 17.4 Å². The lowest BCUT2D eigenvalue weighted by atomic mass is 10.1. The van der Waals surface area contributed by atoms with Crippen LogP contribution in [-0.2, 0) is 0 Å². The van der Waals surface area contributed by atoms with E-state index < -0.39 is 6.10 Å². The normalized spacial score (nSPS) is 12.9. The summed E-state index contributed by atoms with van der Waals surface area (Å²) in [7, 11) is 0. The maximum Gasteiger partial charge on any atom is 0.213 e. The minimum atomic E-state index is -0.468. The van der Waals surface area contributed by atoms with Crippen molar-refractivity contribution < 1.29 is 5.11 Å². The second-order valence-corrected chi connectivity index (χ2v) is 6.44. The lowest BCUT2D eigenvalue weighted by Crippen LogP contribution is -1.99. The molecule has 1 unspecified atom stereocenters. The first-order valence-corrected chi connectivity index (χ1v) is 7.71. The van der Waals surface area contributed by atoms with E-state index in [2.05, 4.69) is 10.1 Å². The molecule has 3 aromatic rings. The van der Waals surface area contributed by atoms with Gasteiger partial charge < -0.3 is 5.11 Å². The average Bonchev–Trinajstić information content (AvgIpc) is 2.93. The number of aliphatic hydroxyl groups excluding tert-OH is 1. The average molecular weight is 291 g/mol. The molecule has 0 radical (unpaired) electrons. The SMILES string of the molecule is Cc1cn2nc(SCC(O)c3ccccc3)sc2n1. The highest BCUT2D eigenvalue weighted by Gasteiger charge is 2.11. The smallest absolute Gasteiger partial charge is 0.213 e. The van der Waals surface area contributed by atoms with Gasteiger partial charge in [0.05, 0.1) is 18.0 Å². The van der Waals surface area contributed by atoms with Crippen molar-refractivity contribution in [1.82, 2.24) is 14.6 Å². The van der Waals surface area contributed by atoms with Crippen LogP contribution in [0.25, 0.3) is 4.96 Å². The molecule has 3 rings (SSSR count). The highest BCUT2D eigenvalue weighted by molar-refractivity contribution is 8.01. The molecule has 1 atom stereocenters. The van der Waals surface area contributed by atoms with Gasteiger partial charge in [0.1, 0.15) is 0 Å². The van der Waals surface area contributed by atoms with E-state index in [-0.39, 0.29) is 0 Å². The highest BCUT2D eigenvalue weighted by atomic mass is 32.2. The number of aliphatic hydroxyl groups is 1. The fourth-order valence-corrected chi connectivity index (χ4v) is 3.73. The predicted octanol–water partition coefficient (Wildman–Crippen LogP) is 2.92. The lowest BCUT2D eigenvalue weighted by Gasteiger charge is -2.08. The molecule has 0 saturated heterocycles. The maximum atomic E-state index is 10.1. The summed E-state index contributed by atoms with van der Waals surface area (Å²) in [5, 5.41) is 14.5. The Hall–Kier alpha value is -1.37. The van der Waals surface area contributed by atoms with Gasteiger partial charge in [0.25, 0.3) is 0 Å². The number of aryl methyl sites for hydroxylation is 1. The molecule has 1 aromatic carbocycles. The van der Waals surface area contributed by atoms with Crippen LogP contribution < -0.4 is 0 Å². The third-order valence-corrected chi connectivity index (χ3v) is 4.83. The van der Waals surface area contributed by atoms with E-state index in [1.54, 1.807) is 27.6 Å². The Labute approximate surface area is 119 Å². The van der Waals surface area contributed by atoms with Crippen molar-refractivity contribution in [3.8, 4) is 0 Å². The molecule has 0 bridgehead atoms. The summed E-state index contributed by atoms with van der Waals surface area (Å²) in [6, 6.07) is 9.68. The molecule has 0 fully saturated rings. The van der Waals surface area contributed by atoms with E-state index in [4.69, 9.17) is 0 Å². The van der Waals surface area contributed by atoms with Crippen molar-refractivity contribution in [1.29, 1.82) is 0 Å². The minimum absolute atomic E-state index is 0.468. The van der Waals surface area contributed by atoms with E-state index in [1.807, 2.05) is 43.5 Å².